The van der Waals surface area contributed by atoms with Crippen molar-refractivity contribution >= 4 is 12.6 Å². The summed E-state index contributed by atoms with van der Waals surface area (Å²) in [6.07, 6.45) is 3.12. The molecule has 6 heteroatoms. The Morgan fingerprint density at radius 3 is 2.89 bits per heavy atom. The Bertz CT molecular complexity index is 394. The van der Waals surface area contributed by atoms with Crippen molar-refractivity contribution in [3.05, 3.63) is 24.0 Å². The van der Waals surface area contributed by atoms with Crippen molar-refractivity contribution in [3.8, 4) is 5.75 Å². The molecule has 0 spiro atoms. The average Bonchev–Trinajstić information content (AvgIpc) is 2.38. The molecule has 98 valence electrons. The van der Waals surface area contributed by atoms with E-state index in [2.05, 4.69) is 0 Å². The quantitative estimate of drug-likeness (QED) is 0.766. The minimum atomic E-state index is -1.75. The predicted molar refractivity (Wildman–Crippen MR) is 65.3 cm³/mol. The van der Waals surface area contributed by atoms with E-state index in [9.17, 15) is 4.39 Å². The van der Waals surface area contributed by atoms with Crippen molar-refractivity contribution in [2.24, 2.45) is 0 Å². The van der Waals surface area contributed by atoms with Crippen molar-refractivity contribution in [2.45, 2.75) is 25.4 Å². The number of benzene rings is 1. The van der Waals surface area contributed by atoms with E-state index in [0.29, 0.717) is 6.61 Å². The van der Waals surface area contributed by atoms with Crippen molar-refractivity contribution in [1.82, 2.24) is 0 Å². The zero-order chi connectivity index (χ0) is 13.0. The lowest BCUT2D eigenvalue weighted by Gasteiger charge is -2.23. The topological polar surface area (TPSA) is 58.9 Å². The van der Waals surface area contributed by atoms with Crippen LogP contribution in [0.2, 0.25) is 0 Å². The van der Waals surface area contributed by atoms with Gasteiger partial charge in [-0.2, -0.15) is 0 Å². The third kappa shape index (κ3) is 3.44. The molecule has 0 bridgehead atoms. The number of ether oxygens (including phenoxy) is 2. The summed E-state index contributed by atoms with van der Waals surface area (Å²) in [4.78, 5) is 0. The SMILES string of the molecule is OB(O)c1cc(F)ccc1OCC1CCCCO1. The number of hydrogen-bond donors (Lipinski definition) is 2. The molecule has 1 saturated heterocycles. The molecule has 0 saturated carbocycles. The molecule has 1 aromatic rings. The van der Waals surface area contributed by atoms with Gasteiger partial charge in [0.2, 0.25) is 0 Å². The van der Waals surface area contributed by atoms with Crippen LogP contribution in [0.15, 0.2) is 18.2 Å². The summed E-state index contributed by atoms with van der Waals surface area (Å²) in [7, 11) is -1.75. The van der Waals surface area contributed by atoms with Crippen LogP contribution in [0.1, 0.15) is 19.3 Å². The van der Waals surface area contributed by atoms with E-state index in [4.69, 9.17) is 19.5 Å². The van der Waals surface area contributed by atoms with Gasteiger partial charge in [0.15, 0.2) is 0 Å². The Hall–Kier alpha value is -1.11. The molecule has 2 rings (SSSR count). The lowest BCUT2D eigenvalue weighted by molar-refractivity contribution is -0.0109. The van der Waals surface area contributed by atoms with Crippen LogP contribution in [0.5, 0.6) is 5.75 Å². The Balaban J connectivity index is 1.99. The van der Waals surface area contributed by atoms with Crippen LogP contribution in [0, 0.1) is 5.82 Å². The number of hydrogen-bond acceptors (Lipinski definition) is 4. The molecule has 1 aromatic carbocycles. The van der Waals surface area contributed by atoms with Crippen molar-refractivity contribution in [2.75, 3.05) is 13.2 Å². The van der Waals surface area contributed by atoms with E-state index < -0.39 is 12.9 Å². The van der Waals surface area contributed by atoms with E-state index in [1.54, 1.807) is 0 Å². The maximum absolute atomic E-state index is 13.0. The normalized spacial score (nSPS) is 19.6. The van der Waals surface area contributed by atoms with Gasteiger partial charge in [-0.25, -0.2) is 4.39 Å². The second kappa shape index (κ2) is 6.18. The molecule has 0 amide bonds. The molecule has 0 aromatic heterocycles. The highest BCUT2D eigenvalue weighted by molar-refractivity contribution is 6.59. The minimum Gasteiger partial charge on any atom is -0.491 e. The van der Waals surface area contributed by atoms with Gasteiger partial charge in [0, 0.05) is 12.1 Å². The molecule has 1 aliphatic heterocycles. The van der Waals surface area contributed by atoms with Crippen LogP contribution in [0.3, 0.4) is 0 Å². The fraction of sp³-hybridized carbons (Fsp3) is 0.500. The van der Waals surface area contributed by atoms with E-state index >= 15 is 0 Å². The van der Waals surface area contributed by atoms with Gasteiger partial charge in [0.25, 0.3) is 0 Å². The van der Waals surface area contributed by atoms with Crippen molar-refractivity contribution in [1.29, 1.82) is 0 Å². The molecule has 0 aliphatic carbocycles. The highest BCUT2D eigenvalue weighted by atomic mass is 19.1. The van der Waals surface area contributed by atoms with Gasteiger partial charge in [-0.05, 0) is 37.5 Å². The molecule has 2 N–H and O–H groups in total. The predicted octanol–water partition coefficient (Wildman–Crippen LogP) is 0.453. The Kier molecular flexibility index (Phi) is 4.57. The first-order valence-corrected chi connectivity index (χ1v) is 6.07. The first kappa shape index (κ1) is 13.3. The van der Waals surface area contributed by atoms with Crippen LogP contribution in [-0.2, 0) is 4.74 Å². The summed E-state index contributed by atoms with van der Waals surface area (Å²) < 4.78 is 24.0. The molecular weight excluding hydrogens is 238 g/mol. The lowest BCUT2D eigenvalue weighted by Crippen LogP contribution is -2.33. The van der Waals surface area contributed by atoms with Crippen LogP contribution in [0.4, 0.5) is 4.39 Å². The Labute approximate surface area is 105 Å². The number of halogens is 1. The first-order chi connectivity index (χ1) is 8.66. The first-order valence-electron chi connectivity index (χ1n) is 6.07. The summed E-state index contributed by atoms with van der Waals surface area (Å²) >= 11 is 0. The fourth-order valence-corrected chi connectivity index (χ4v) is 1.97. The molecule has 1 unspecified atom stereocenters. The molecule has 18 heavy (non-hydrogen) atoms. The lowest BCUT2D eigenvalue weighted by atomic mass is 9.79. The Morgan fingerprint density at radius 1 is 1.39 bits per heavy atom. The van der Waals surface area contributed by atoms with Crippen LogP contribution >= 0.6 is 0 Å². The second-order valence-corrected chi connectivity index (χ2v) is 4.36. The Morgan fingerprint density at radius 2 is 2.22 bits per heavy atom. The summed E-state index contributed by atoms with van der Waals surface area (Å²) in [6, 6.07) is 3.68. The third-order valence-electron chi connectivity index (χ3n) is 2.95. The summed E-state index contributed by atoms with van der Waals surface area (Å²) in [6.45, 7) is 1.07. The molecule has 1 atom stereocenters. The maximum atomic E-state index is 13.0. The highest BCUT2D eigenvalue weighted by Gasteiger charge is 2.20. The zero-order valence-corrected chi connectivity index (χ0v) is 10.0. The van der Waals surface area contributed by atoms with Crippen molar-refractivity contribution in [3.63, 3.8) is 0 Å². The van der Waals surface area contributed by atoms with E-state index in [0.717, 1.165) is 31.9 Å². The number of rotatable bonds is 4. The van der Waals surface area contributed by atoms with Crippen LogP contribution < -0.4 is 10.2 Å². The van der Waals surface area contributed by atoms with E-state index in [1.807, 2.05) is 0 Å². The summed E-state index contributed by atoms with van der Waals surface area (Å²) in [5, 5.41) is 18.3. The highest BCUT2D eigenvalue weighted by Crippen LogP contribution is 2.15. The summed E-state index contributed by atoms with van der Waals surface area (Å²) in [5.74, 6) is -0.250. The van der Waals surface area contributed by atoms with Gasteiger partial charge >= 0.3 is 7.12 Å². The summed E-state index contributed by atoms with van der Waals surface area (Å²) in [5.41, 5.74) is 0.0332. The van der Waals surface area contributed by atoms with E-state index in [-0.39, 0.29) is 17.3 Å². The zero-order valence-electron chi connectivity index (χ0n) is 10.0. The van der Waals surface area contributed by atoms with Crippen LogP contribution in [-0.4, -0.2) is 36.5 Å². The van der Waals surface area contributed by atoms with Gasteiger partial charge in [-0.1, -0.05) is 0 Å². The molecule has 1 fully saturated rings. The molecule has 4 nitrogen and oxygen atoms in total. The van der Waals surface area contributed by atoms with Gasteiger partial charge in [0.05, 0.1) is 6.10 Å². The van der Waals surface area contributed by atoms with Crippen molar-refractivity contribution < 1.29 is 23.9 Å². The minimum absolute atomic E-state index is 0.0208. The third-order valence-corrected chi connectivity index (χ3v) is 2.95. The van der Waals surface area contributed by atoms with Gasteiger partial charge in [-0.3, -0.25) is 0 Å². The smallest absolute Gasteiger partial charge is 0.491 e. The average molecular weight is 254 g/mol. The molecular formula is C12H16BFO4. The standard InChI is InChI=1S/C12H16BFO4/c14-9-4-5-12(11(7-9)13(15)16)18-8-10-3-1-2-6-17-10/h4-5,7,10,15-16H,1-3,6,8H2. The van der Waals surface area contributed by atoms with Gasteiger partial charge in [-0.15, -0.1) is 0 Å². The maximum Gasteiger partial charge on any atom is 0.492 e. The van der Waals surface area contributed by atoms with E-state index in [1.165, 1.54) is 12.1 Å². The molecule has 0 radical (unpaired) electrons. The van der Waals surface area contributed by atoms with Gasteiger partial charge in [0.1, 0.15) is 18.2 Å². The van der Waals surface area contributed by atoms with Crippen LogP contribution in [0.25, 0.3) is 0 Å². The monoisotopic (exact) mass is 254 g/mol. The second-order valence-electron chi connectivity index (χ2n) is 4.36. The van der Waals surface area contributed by atoms with Gasteiger partial charge < -0.3 is 19.5 Å². The molecule has 1 aliphatic rings. The fourth-order valence-electron chi connectivity index (χ4n) is 1.97. The largest absolute Gasteiger partial charge is 0.492 e. The molecule has 1 heterocycles.